The first kappa shape index (κ1) is 16.5. The molecule has 1 aromatic carbocycles. The number of pyridine rings is 1. The van der Waals surface area contributed by atoms with Crippen molar-refractivity contribution >= 4 is 33.1 Å². The molecule has 0 aliphatic rings. The summed E-state index contributed by atoms with van der Waals surface area (Å²) in [6, 6.07) is 8.99. The quantitative estimate of drug-likeness (QED) is 0.216. The molecule has 0 radical (unpaired) electrons. The third kappa shape index (κ3) is 2.70. The first-order chi connectivity index (χ1) is 12.1. The van der Waals surface area contributed by atoms with Crippen molar-refractivity contribution in [1.29, 1.82) is 0 Å². The maximum Gasteiger partial charge on any atom is 0.412 e. The van der Waals surface area contributed by atoms with Crippen LogP contribution in [0.15, 0.2) is 48.8 Å². The van der Waals surface area contributed by atoms with Crippen molar-refractivity contribution < 1.29 is 23.2 Å². The number of para-hydroxylation sites is 2. The highest BCUT2D eigenvalue weighted by Crippen LogP contribution is 2.14. The van der Waals surface area contributed by atoms with Crippen LogP contribution in [-0.4, -0.2) is 27.1 Å². The van der Waals surface area contributed by atoms with Gasteiger partial charge in [0.2, 0.25) is 0 Å². The molecule has 25 heavy (non-hydrogen) atoms. The Morgan fingerprint density at radius 1 is 1.04 bits per heavy atom. The van der Waals surface area contributed by atoms with Crippen molar-refractivity contribution in [1.82, 2.24) is 4.98 Å². The Balaban J connectivity index is 2.46. The Hall–Kier alpha value is -3.33. The number of nitrogens with zero attached hydrogens (tertiary/aromatic N) is 3. The predicted molar refractivity (Wildman–Crippen MR) is 88.8 cm³/mol. The van der Waals surface area contributed by atoms with Gasteiger partial charge < -0.3 is 15.2 Å². The van der Waals surface area contributed by atoms with Crippen LogP contribution < -0.4 is 9.46 Å². The third-order valence-corrected chi connectivity index (χ3v) is 4.17. The molecule has 0 spiro atoms. The molecule has 8 nitrogen and oxygen atoms in total. The second kappa shape index (κ2) is 6.65. The molecule has 0 aliphatic carbocycles. The van der Waals surface area contributed by atoms with Gasteiger partial charge in [0.05, 0.1) is 7.11 Å². The van der Waals surface area contributed by atoms with Gasteiger partial charge in [0.1, 0.15) is 11.3 Å². The number of hydrogen-bond acceptors (Lipinski definition) is 6. The van der Waals surface area contributed by atoms with Crippen LogP contribution in [0.4, 0.5) is 0 Å². The summed E-state index contributed by atoms with van der Waals surface area (Å²) < 4.78 is 17.1. The number of ether oxygens (including phenoxy) is 1. The van der Waals surface area contributed by atoms with Crippen molar-refractivity contribution in [2.45, 2.75) is 0 Å². The number of methoxy groups -OCH3 is 1. The lowest BCUT2D eigenvalue weighted by molar-refractivity contribution is -0.631. The van der Waals surface area contributed by atoms with E-state index >= 15 is 0 Å². The molecule has 0 bridgehead atoms. The number of benzene rings is 1. The van der Waals surface area contributed by atoms with Gasteiger partial charge in [-0.05, 0) is 12.1 Å². The highest BCUT2D eigenvalue weighted by molar-refractivity contribution is 7.67. The van der Waals surface area contributed by atoms with E-state index in [0.29, 0.717) is 15.0 Å². The average Bonchev–Trinajstić information content (AvgIpc) is 2.66. The molecule has 0 unspecified atom stereocenters. The van der Waals surface area contributed by atoms with Gasteiger partial charge in [-0.15, -0.1) is 4.73 Å². The Bertz CT molecular complexity index is 1030. The van der Waals surface area contributed by atoms with Crippen LogP contribution in [0.25, 0.3) is 11.0 Å². The van der Waals surface area contributed by atoms with Crippen molar-refractivity contribution in [3.63, 3.8) is 0 Å². The van der Waals surface area contributed by atoms with Gasteiger partial charge >= 0.3 is 17.4 Å². The first-order valence-electron chi connectivity index (χ1n) is 7.03. The second-order valence-electron chi connectivity index (χ2n) is 4.91. The second-order valence-corrected chi connectivity index (χ2v) is 5.49. The monoisotopic (exact) mass is 357 g/mol. The van der Waals surface area contributed by atoms with E-state index in [1.54, 1.807) is 12.1 Å². The topological polar surface area (TPSA) is 110 Å². The maximum atomic E-state index is 12.9. The maximum absolute atomic E-state index is 12.9. The molecule has 0 atom stereocenters. The summed E-state index contributed by atoms with van der Waals surface area (Å²) in [5, 5.41) is 25.5. The number of rotatable bonds is 3. The summed E-state index contributed by atoms with van der Waals surface area (Å²) in [6.07, 6.45) is 2.87. The van der Waals surface area contributed by atoms with E-state index in [4.69, 9.17) is 0 Å². The number of hydrogen-bond donors (Lipinski definition) is 0. The van der Waals surface area contributed by atoms with Gasteiger partial charge in [0, 0.05) is 30.1 Å². The van der Waals surface area contributed by atoms with Crippen LogP contribution in [-0.2, 0) is 16.0 Å². The van der Waals surface area contributed by atoms with Gasteiger partial charge in [-0.3, -0.25) is 4.98 Å². The molecule has 3 rings (SSSR count). The molecular weight excluding hydrogens is 346 g/mol. The van der Waals surface area contributed by atoms with E-state index in [9.17, 15) is 19.4 Å². The third-order valence-electron chi connectivity index (χ3n) is 3.57. The zero-order chi connectivity index (χ0) is 18.0. The van der Waals surface area contributed by atoms with Crippen LogP contribution in [0.3, 0.4) is 0 Å². The van der Waals surface area contributed by atoms with Crippen molar-refractivity contribution in [2.75, 3.05) is 7.11 Å². The SMILES string of the molecule is COC(=O)c1c(C(=S=O)c2ccncc2)[n+]([O-])c2ccccc2[n+]1[O-]. The number of carbonyl (C=O) groups is 1. The molecule has 9 heteroatoms. The highest BCUT2D eigenvalue weighted by Gasteiger charge is 2.37. The van der Waals surface area contributed by atoms with Crippen LogP contribution in [0, 0.1) is 10.4 Å². The van der Waals surface area contributed by atoms with Crippen molar-refractivity contribution in [3.05, 3.63) is 76.2 Å². The number of carbonyl (C=O) groups excluding carboxylic acids is 1. The Morgan fingerprint density at radius 2 is 1.60 bits per heavy atom. The largest absolute Gasteiger partial charge is 0.617 e. The number of aromatic nitrogens is 3. The lowest BCUT2D eigenvalue weighted by Crippen LogP contribution is -2.49. The summed E-state index contributed by atoms with van der Waals surface area (Å²) in [7, 11) is 1.09. The summed E-state index contributed by atoms with van der Waals surface area (Å²) in [5.41, 5.74) is -0.523. The van der Waals surface area contributed by atoms with E-state index < -0.39 is 11.7 Å². The van der Waals surface area contributed by atoms with E-state index in [2.05, 4.69) is 9.72 Å². The van der Waals surface area contributed by atoms with E-state index in [0.717, 1.165) is 7.11 Å². The van der Waals surface area contributed by atoms with Crippen LogP contribution in [0.2, 0.25) is 0 Å². The molecular formula is C16H11N3O5S. The molecule has 0 saturated heterocycles. The Labute approximate surface area is 145 Å². The van der Waals surface area contributed by atoms with Gasteiger partial charge in [0.15, 0.2) is 4.86 Å². The minimum absolute atomic E-state index is 0.00765. The van der Waals surface area contributed by atoms with E-state index in [-0.39, 0.29) is 32.8 Å². The van der Waals surface area contributed by atoms with Crippen LogP contribution in [0.5, 0.6) is 0 Å². The standard InChI is InChI=1S/C16H11N3O5S/c1-24-16(20)14-13(15(25-23)10-6-8-17-9-7-10)18(21)11-4-2-3-5-12(11)19(14)22/h2-9H,1H3. The van der Waals surface area contributed by atoms with Crippen molar-refractivity contribution in [2.24, 2.45) is 0 Å². The summed E-state index contributed by atoms with van der Waals surface area (Å²) >= 11 is 0.00765. The smallest absolute Gasteiger partial charge is 0.412 e. The van der Waals surface area contributed by atoms with Gasteiger partial charge in [0.25, 0.3) is 11.0 Å². The number of fused-ring (bicyclic) bond motifs is 1. The predicted octanol–water partition coefficient (Wildman–Crippen LogP) is 0.0700. The van der Waals surface area contributed by atoms with Crippen LogP contribution >= 0.6 is 0 Å². The molecule has 3 aromatic rings. The lowest BCUT2D eigenvalue weighted by atomic mass is 10.1. The fourth-order valence-electron chi connectivity index (χ4n) is 2.44. The minimum atomic E-state index is -1.01. The fraction of sp³-hybridized carbons (Fsp3) is 0.0625. The summed E-state index contributed by atoms with van der Waals surface area (Å²) in [5.74, 6) is -1.01. The molecule has 0 saturated carbocycles. The zero-order valence-corrected chi connectivity index (χ0v) is 13.7. The van der Waals surface area contributed by atoms with Crippen molar-refractivity contribution in [3.8, 4) is 0 Å². The lowest BCUT2D eigenvalue weighted by Gasteiger charge is -2.12. The van der Waals surface area contributed by atoms with E-state index in [1.165, 1.54) is 36.7 Å². The fourth-order valence-corrected chi connectivity index (χ4v) is 2.94. The van der Waals surface area contributed by atoms with Gasteiger partial charge in [-0.1, -0.05) is 12.1 Å². The molecule has 0 fully saturated rings. The highest BCUT2D eigenvalue weighted by atomic mass is 32.1. The molecule has 0 N–H and O–H groups in total. The van der Waals surface area contributed by atoms with E-state index in [1.807, 2.05) is 0 Å². The zero-order valence-electron chi connectivity index (χ0n) is 12.9. The normalized spacial score (nSPS) is 10.4. The first-order valence-corrected chi connectivity index (χ1v) is 7.78. The Kier molecular flexibility index (Phi) is 4.40. The summed E-state index contributed by atoms with van der Waals surface area (Å²) in [4.78, 5) is 15.9. The molecule has 0 aliphatic heterocycles. The molecule has 2 heterocycles. The summed E-state index contributed by atoms with van der Waals surface area (Å²) in [6.45, 7) is 0. The average molecular weight is 357 g/mol. The Morgan fingerprint density at radius 3 is 2.12 bits per heavy atom. The molecule has 126 valence electrons. The van der Waals surface area contributed by atoms with Crippen LogP contribution in [0.1, 0.15) is 21.7 Å². The van der Waals surface area contributed by atoms with Gasteiger partial charge in [-0.25, -0.2) is 9.00 Å². The molecule has 0 amide bonds. The van der Waals surface area contributed by atoms with Gasteiger partial charge in [-0.2, -0.15) is 4.73 Å². The number of esters is 1. The minimum Gasteiger partial charge on any atom is -0.617 e. The molecule has 2 aromatic heterocycles.